The molecule has 0 radical (unpaired) electrons. The Morgan fingerprint density at radius 2 is 2.10 bits per heavy atom. The second-order valence-corrected chi connectivity index (χ2v) is 8.92. The number of nitrogens with one attached hydrogen (secondary N) is 2. The molecule has 31 heavy (non-hydrogen) atoms. The maximum Gasteiger partial charge on any atom is 0.227 e. The summed E-state index contributed by atoms with van der Waals surface area (Å²) in [5, 5.41) is 14.5. The quantitative estimate of drug-likeness (QED) is 0.376. The second kappa shape index (κ2) is 9.40. The van der Waals surface area contributed by atoms with Gasteiger partial charge in [-0.2, -0.15) is 0 Å². The van der Waals surface area contributed by atoms with Crippen LogP contribution < -0.4 is 15.8 Å². The zero-order chi connectivity index (χ0) is 21.8. The molecule has 0 unspecified atom stereocenters. The van der Waals surface area contributed by atoms with Gasteiger partial charge in [0.25, 0.3) is 0 Å². The lowest BCUT2D eigenvalue weighted by Crippen LogP contribution is -2.44. The smallest absolute Gasteiger partial charge is 0.227 e. The molecule has 0 bridgehead atoms. The number of anilines is 1. The zero-order valence-electron chi connectivity index (χ0n) is 16.6. The Bertz CT molecular complexity index is 1070. The third-order valence-electron chi connectivity index (χ3n) is 5.10. The van der Waals surface area contributed by atoms with E-state index in [4.69, 9.17) is 32.0 Å². The van der Waals surface area contributed by atoms with Gasteiger partial charge < -0.3 is 25.2 Å². The number of piperidine rings is 1. The zero-order valence-corrected chi connectivity index (χ0v) is 18.2. The van der Waals surface area contributed by atoms with E-state index >= 15 is 0 Å². The predicted molar refractivity (Wildman–Crippen MR) is 120 cm³/mol. The molecule has 2 aromatic heterocycles. The molecule has 0 saturated carbocycles. The van der Waals surface area contributed by atoms with Gasteiger partial charge >= 0.3 is 0 Å². The van der Waals surface area contributed by atoms with E-state index in [-0.39, 0.29) is 24.4 Å². The van der Waals surface area contributed by atoms with Crippen molar-refractivity contribution in [1.29, 1.82) is 5.41 Å². The highest BCUT2D eigenvalue weighted by Gasteiger charge is 2.26. The first-order chi connectivity index (χ1) is 15.0. The maximum absolute atomic E-state index is 12.7. The first kappa shape index (κ1) is 21.2. The summed E-state index contributed by atoms with van der Waals surface area (Å²) < 4.78 is 12.0. The molecule has 4 N–H and O–H groups in total. The fourth-order valence-corrected chi connectivity index (χ4v) is 4.40. The number of carbonyl (C=O) groups is 1. The lowest BCUT2D eigenvalue weighted by Gasteiger charge is -2.31. The van der Waals surface area contributed by atoms with Gasteiger partial charge in [-0.3, -0.25) is 10.2 Å². The van der Waals surface area contributed by atoms with Crippen molar-refractivity contribution in [2.45, 2.75) is 19.4 Å². The average Bonchev–Trinajstić information content (AvgIpc) is 3.42. The van der Waals surface area contributed by atoms with E-state index in [9.17, 15) is 4.79 Å². The highest BCUT2D eigenvalue weighted by Crippen LogP contribution is 2.32. The topological polar surface area (TPSA) is 117 Å². The van der Waals surface area contributed by atoms with Crippen molar-refractivity contribution in [2.75, 3.05) is 18.4 Å². The van der Waals surface area contributed by atoms with E-state index in [1.807, 2.05) is 30.3 Å². The molecular weight excluding hydrogens is 438 g/mol. The van der Waals surface area contributed by atoms with E-state index in [1.54, 1.807) is 17.0 Å². The molecule has 1 amide bonds. The number of nitrogens with zero attached hydrogens (tertiary/aromatic N) is 2. The minimum absolute atomic E-state index is 0.0517. The average molecular weight is 460 g/mol. The molecule has 0 spiro atoms. The third kappa shape index (κ3) is 5.18. The van der Waals surface area contributed by atoms with E-state index in [0.29, 0.717) is 53.2 Å². The normalized spacial score (nSPS) is 14.4. The number of guanidine groups is 1. The maximum atomic E-state index is 12.7. The first-order valence-corrected chi connectivity index (χ1v) is 11.0. The first-order valence-electron chi connectivity index (χ1n) is 9.82. The molecule has 0 aliphatic carbocycles. The van der Waals surface area contributed by atoms with E-state index in [2.05, 4.69) is 10.5 Å². The molecule has 4 rings (SSSR count). The van der Waals surface area contributed by atoms with Crippen molar-refractivity contribution in [2.24, 2.45) is 11.7 Å². The summed E-state index contributed by atoms with van der Waals surface area (Å²) in [6.45, 7) is 1.41. The number of amides is 1. The number of para-hydroxylation sites is 2. The highest BCUT2D eigenvalue weighted by molar-refractivity contribution is 7.19. The summed E-state index contributed by atoms with van der Waals surface area (Å²) in [6.07, 6.45) is 1.31. The third-order valence-corrected chi connectivity index (χ3v) is 6.35. The summed E-state index contributed by atoms with van der Waals surface area (Å²) in [5.41, 5.74) is 6.77. The Balaban J connectivity index is 1.36. The fraction of sp³-hybridized carbons (Fsp3) is 0.286. The molecule has 8 nitrogen and oxygen atoms in total. The molecule has 10 heteroatoms. The van der Waals surface area contributed by atoms with Crippen LogP contribution in [-0.2, 0) is 11.4 Å². The molecule has 1 saturated heterocycles. The number of hydrogen-bond donors (Lipinski definition) is 3. The van der Waals surface area contributed by atoms with Crippen LogP contribution in [0.3, 0.4) is 0 Å². The molecule has 0 atom stereocenters. The van der Waals surface area contributed by atoms with Gasteiger partial charge in [-0.1, -0.05) is 28.9 Å². The number of likely N-dealkylation sites (tertiary alicyclic amines) is 1. The van der Waals surface area contributed by atoms with Crippen molar-refractivity contribution in [3.05, 3.63) is 52.5 Å². The van der Waals surface area contributed by atoms with Gasteiger partial charge in [-0.15, -0.1) is 11.3 Å². The number of halogens is 1. The largest absolute Gasteiger partial charge is 0.485 e. The Morgan fingerprint density at radius 1 is 1.32 bits per heavy atom. The van der Waals surface area contributed by atoms with Crippen LogP contribution in [-0.4, -0.2) is 35.0 Å². The molecule has 1 aliphatic heterocycles. The van der Waals surface area contributed by atoms with Crippen LogP contribution in [0.15, 0.2) is 47.0 Å². The Kier molecular flexibility index (Phi) is 6.43. The van der Waals surface area contributed by atoms with Crippen molar-refractivity contribution in [3.63, 3.8) is 0 Å². The second-order valence-electron chi connectivity index (χ2n) is 7.21. The Morgan fingerprint density at radius 3 is 2.81 bits per heavy atom. The summed E-state index contributed by atoms with van der Waals surface area (Å²) in [5.74, 6) is 1.06. The number of ether oxygens (including phenoxy) is 1. The van der Waals surface area contributed by atoms with E-state index < -0.39 is 0 Å². The molecule has 3 heterocycles. The van der Waals surface area contributed by atoms with Crippen LogP contribution in [0.4, 0.5) is 5.69 Å². The summed E-state index contributed by atoms with van der Waals surface area (Å²) in [7, 11) is 0. The lowest BCUT2D eigenvalue weighted by molar-refractivity contribution is -0.121. The van der Waals surface area contributed by atoms with Gasteiger partial charge in [0.05, 0.1) is 14.9 Å². The van der Waals surface area contributed by atoms with Crippen LogP contribution in [0.1, 0.15) is 18.5 Å². The Hall–Kier alpha value is -3.04. The number of carbonyl (C=O) groups excluding carboxylic acids is 1. The van der Waals surface area contributed by atoms with Crippen LogP contribution >= 0.6 is 22.9 Å². The van der Waals surface area contributed by atoms with Gasteiger partial charge in [0.2, 0.25) is 5.91 Å². The minimum Gasteiger partial charge on any atom is -0.485 e. The number of thiophene rings is 1. The van der Waals surface area contributed by atoms with Crippen LogP contribution in [0, 0.1) is 11.3 Å². The number of aromatic nitrogens is 1. The summed E-state index contributed by atoms with van der Waals surface area (Å²) in [6, 6.07) is 12.8. The van der Waals surface area contributed by atoms with Gasteiger partial charge in [0.1, 0.15) is 18.1 Å². The fourth-order valence-electron chi connectivity index (χ4n) is 3.41. The lowest BCUT2D eigenvalue weighted by atomic mass is 9.96. The highest BCUT2D eigenvalue weighted by atomic mass is 35.5. The number of rotatable bonds is 6. The SMILES string of the molecule is N=C(N)N1CCC(C(=O)Nc2ccccc2OCc2cc(-c3ccc(Cl)s3)on2)CC1. The van der Waals surface area contributed by atoms with Gasteiger partial charge in [0.15, 0.2) is 11.7 Å². The molecule has 1 aromatic carbocycles. The van der Waals surface area contributed by atoms with Gasteiger partial charge in [0, 0.05) is 25.1 Å². The molecule has 162 valence electrons. The van der Waals surface area contributed by atoms with Crippen molar-refractivity contribution >= 4 is 40.5 Å². The summed E-state index contributed by atoms with van der Waals surface area (Å²) >= 11 is 7.39. The number of nitrogens with two attached hydrogens (primary N) is 1. The van der Waals surface area contributed by atoms with Gasteiger partial charge in [-0.05, 0) is 37.1 Å². The van der Waals surface area contributed by atoms with Crippen LogP contribution in [0.25, 0.3) is 10.6 Å². The van der Waals surface area contributed by atoms with Crippen LogP contribution in [0.2, 0.25) is 4.34 Å². The van der Waals surface area contributed by atoms with E-state index in [1.165, 1.54) is 11.3 Å². The van der Waals surface area contributed by atoms with Crippen molar-refractivity contribution in [3.8, 4) is 16.4 Å². The van der Waals surface area contributed by atoms with Crippen molar-refractivity contribution < 1.29 is 14.1 Å². The standard InChI is InChI=1S/C21H22ClN5O3S/c22-19-6-5-18(31-19)17-11-14(26-30-17)12-29-16-4-2-1-3-15(16)25-20(28)13-7-9-27(10-8-13)21(23)24/h1-6,11,13H,7-10,12H2,(H3,23,24)(H,25,28). The molecule has 3 aromatic rings. The minimum atomic E-state index is -0.126. The monoisotopic (exact) mass is 459 g/mol. The summed E-state index contributed by atoms with van der Waals surface area (Å²) in [4.78, 5) is 15.4. The molecule has 1 aliphatic rings. The molecule has 1 fully saturated rings. The number of hydrogen-bond acceptors (Lipinski definition) is 6. The predicted octanol–water partition coefficient (Wildman–Crippen LogP) is 4.18. The van der Waals surface area contributed by atoms with E-state index in [0.717, 1.165) is 4.88 Å². The molecular formula is C21H22ClN5O3S. The van der Waals surface area contributed by atoms with Gasteiger partial charge in [-0.25, -0.2) is 0 Å². The Labute approximate surface area is 188 Å². The number of benzene rings is 1. The van der Waals surface area contributed by atoms with Crippen molar-refractivity contribution in [1.82, 2.24) is 10.1 Å². The van der Waals surface area contributed by atoms with Crippen LogP contribution in [0.5, 0.6) is 5.75 Å².